The predicted molar refractivity (Wildman–Crippen MR) is 40.9 cm³/mol. The molecule has 1 aromatic rings. The summed E-state index contributed by atoms with van der Waals surface area (Å²) in [6.07, 6.45) is 0. The van der Waals surface area contributed by atoms with Crippen LogP contribution >= 0.6 is 0 Å². The number of aromatic hydroxyl groups is 1. The summed E-state index contributed by atoms with van der Waals surface area (Å²) in [6, 6.07) is 5.17. The van der Waals surface area contributed by atoms with Gasteiger partial charge in [0.05, 0.1) is 0 Å². The molecule has 3 nitrogen and oxygen atoms in total. The molecule has 1 aliphatic heterocycles. The molecule has 1 aliphatic rings. The molecular weight excluding hydrogens is 144 g/mol. The Bertz CT molecular complexity index is 245. The maximum Gasteiger partial charge on any atom is 0.211 e. The molecule has 1 heterocycles. The summed E-state index contributed by atoms with van der Waals surface area (Å²) < 4.78 is 4.82. The molecule has 3 heteroatoms. The molecule has 0 aliphatic carbocycles. The third-order valence-electron chi connectivity index (χ3n) is 1.13. The highest BCUT2D eigenvalue weighted by Crippen LogP contribution is 2.51. The Kier molecular flexibility index (Phi) is 2.33. The summed E-state index contributed by atoms with van der Waals surface area (Å²) in [6.45, 7) is 1.93. The second-order valence-corrected chi connectivity index (χ2v) is 2.02. The summed E-state index contributed by atoms with van der Waals surface area (Å²) in [7, 11) is 0. The normalized spacial score (nSPS) is 10.4. The second-order valence-electron chi connectivity index (χ2n) is 2.02. The molecule has 0 saturated carbocycles. The fourth-order valence-electron chi connectivity index (χ4n) is 0.675. The number of phenols is 1. The second kappa shape index (κ2) is 3.25. The Balaban J connectivity index is 0.000000179. The topological polar surface area (TPSA) is 53.0 Å². The first kappa shape index (κ1) is 7.88. The quantitative estimate of drug-likeness (QED) is 0.565. The molecule has 0 atom stereocenters. The van der Waals surface area contributed by atoms with Crippen molar-refractivity contribution in [2.45, 2.75) is 6.92 Å². The molecule has 2 N–H and O–H groups in total. The molecule has 11 heavy (non-hydrogen) atoms. The van der Waals surface area contributed by atoms with E-state index in [0.29, 0.717) is 5.75 Å². The molecule has 0 amide bonds. The van der Waals surface area contributed by atoms with Crippen LogP contribution in [-0.4, -0.2) is 16.8 Å². The van der Waals surface area contributed by atoms with Crippen molar-refractivity contribution in [2.24, 2.45) is 0 Å². The lowest BCUT2D eigenvalue weighted by atomic mass is 10.3. The van der Waals surface area contributed by atoms with Gasteiger partial charge in [-0.1, -0.05) is 6.07 Å². The average Bonchev–Trinajstić information content (AvgIpc) is 2.69. The molecule has 2 rings (SSSR count). The van der Waals surface area contributed by atoms with Crippen molar-refractivity contribution in [2.75, 3.05) is 6.61 Å². The highest BCUT2D eigenvalue weighted by atomic mass is 16.6. The van der Waals surface area contributed by atoms with Crippen molar-refractivity contribution in [3.8, 4) is 17.2 Å². The highest BCUT2D eigenvalue weighted by molar-refractivity contribution is 5.62. The Morgan fingerprint density at radius 1 is 1.45 bits per heavy atom. The number of aliphatic hydroxyl groups excluding tert-OH is 1. The van der Waals surface area contributed by atoms with Crippen LogP contribution < -0.4 is 4.74 Å². The van der Waals surface area contributed by atoms with Crippen molar-refractivity contribution in [3.63, 3.8) is 0 Å². The van der Waals surface area contributed by atoms with Gasteiger partial charge in [0.1, 0.15) is 0 Å². The third kappa shape index (κ3) is 1.85. The highest BCUT2D eigenvalue weighted by Gasteiger charge is 2.22. The van der Waals surface area contributed by atoms with Gasteiger partial charge in [0.25, 0.3) is 0 Å². The van der Waals surface area contributed by atoms with Crippen LogP contribution in [0.3, 0.4) is 0 Å². The van der Waals surface area contributed by atoms with E-state index in [4.69, 9.17) is 14.9 Å². The van der Waals surface area contributed by atoms with Gasteiger partial charge in [-0.2, -0.15) is 0 Å². The fraction of sp³-hybridized carbons (Fsp3) is 0.250. The van der Waals surface area contributed by atoms with E-state index in [1.54, 1.807) is 19.1 Å². The van der Waals surface area contributed by atoms with E-state index in [9.17, 15) is 0 Å². The zero-order valence-corrected chi connectivity index (χ0v) is 6.24. The molecule has 1 aromatic carbocycles. The summed E-state index contributed by atoms with van der Waals surface area (Å²) in [5.74, 6) is 1.67. The lowest BCUT2D eigenvalue weighted by Gasteiger charge is -1.77. The third-order valence-corrected chi connectivity index (χ3v) is 1.13. The lowest BCUT2D eigenvalue weighted by Crippen LogP contribution is -1.57. The SMILES string of the molecule is CCO.Oc1cccc2c1O2. The first-order chi connectivity index (χ1) is 5.29. The van der Waals surface area contributed by atoms with Crippen molar-refractivity contribution in [1.29, 1.82) is 0 Å². The van der Waals surface area contributed by atoms with Crippen molar-refractivity contribution in [3.05, 3.63) is 18.2 Å². The number of rotatable bonds is 0. The van der Waals surface area contributed by atoms with Crippen LogP contribution in [0.15, 0.2) is 18.2 Å². The first-order valence-electron chi connectivity index (χ1n) is 3.40. The molecule has 0 saturated heterocycles. The van der Waals surface area contributed by atoms with Crippen LogP contribution in [0.5, 0.6) is 17.2 Å². The van der Waals surface area contributed by atoms with Gasteiger partial charge in [-0.3, -0.25) is 0 Å². The number of phenolic OH excluding ortho intramolecular Hbond substituents is 1. The van der Waals surface area contributed by atoms with Gasteiger partial charge in [-0.15, -0.1) is 0 Å². The fourth-order valence-corrected chi connectivity index (χ4v) is 0.675. The first-order valence-corrected chi connectivity index (χ1v) is 3.40. The molecule has 0 bridgehead atoms. The predicted octanol–water partition coefficient (Wildman–Crippen LogP) is 1.50. The van der Waals surface area contributed by atoms with Gasteiger partial charge < -0.3 is 14.9 Å². The van der Waals surface area contributed by atoms with Crippen molar-refractivity contribution >= 4 is 0 Å². The number of hydrogen-bond donors (Lipinski definition) is 2. The number of hydrogen-bond acceptors (Lipinski definition) is 3. The summed E-state index contributed by atoms with van der Waals surface area (Å²) >= 11 is 0. The Labute approximate surface area is 64.9 Å². The van der Waals surface area contributed by atoms with Crippen molar-refractivity contribution in [1.82, 2.24) is 0 Å². The van der Waals surface area contributed by atoms with Gasteiger partial charge in [-0.25, -0.2) is 0 Å². The molecule has 60 valence electrons. The number of fused-ring (bicyclic) bond motifs is 1. The van der Waals surface area contributed by atoms with Crippen LogP contribution in [0.4, 0.5) is 0 Å². The van der Waals surface area contributed by atoms with Gasteiger partial charge in [0.15, 0.2) is 11.5 Å². The van der Waals surface area contributed by atoms with E-state index >= 15 is 0 Å². The zero-order chi connectivity index (χ0) is 8.27. The van der Waals surface area contributed by atoms with Crippen molar-refractivity contribution < 1.29 is 14.9 Å². The molecule has 0 spiro atoms. The summed E-state index contributed by atoms with van der Waals surface area (Å²) in [5.41, 5.74) is 0. The van der Waals surface area contributed by atoms with E-state index in [1.165, 1.54) is 0 Å². The van der Waals surface area contributed by atoms with E-state index in [0.717, 1.165) is 5.75 Å². The maximum absolute atomic E-state index is 8.85. The minimum Gasteiger partial charge on any atom is -0.504 e. The zero-order valence-electron chi connectivity index (χ0n) is 6.24. The monoisotopic (exact) mass is 154 g/mol. The van der Waals surface area contributed by atoms with Gasteiger partial charge in [0, 0.05) is 6.61 Å². The average molecular weight is 154 g/mol. The number of para-hydroxylation sites is 1. The van der Waals surface area contributed by atoms with Crippen LogP contribution in [0.25, 0.3) is 0 Å². The minimum absolute atomic E-state index is 0.238. The van der Waals surface area contributed by atoms with E-state index in [1.807, 2.05) is 6.07 Å². The van der Waals surface area contributed by atoms with Crippen LogP contribution in [0, 0.1) is 0 Å². The Morgan fingerprint density at radius 2 is 2.09 bits per heavy atom. The smallest absolute Gasteiger partial charge is 0.211 e. The Hall–Kier alpha value is -1.22. The number of benzene rings is 1. The minimum atomic E-state index is 0.238. The molecular formula is C8H10O3. The largest absolute Gasteiger partial charge is 0.504 e. The van der Waals surface area contributed by atoms with Crippen LogP contribution in [-0.2, 0) is 0 Å². The maximum atomic E-state index is 8.85. The molecule has 0 fully saturated rings. The molecule has 0 unspecified atom stereocenters. The Morgan fingerprint density at radius 3 is 2.55 bits per heavy atom. The van der Waals surface area contributed by atoms with E-state index < -0.39 is 0 Å². The van der Waals surface area contributed by atoms with Gasteiger partial charge >= 0.3 is 0 Å². The number of aliphatic hydroxyl groups is 1. The van der Waals surface area contributed by atoms with Gasteiger partial charge in [-0.05, 0) is 19.1 Å². The van der Waals surface area contributed by atoms with Gasteiger partial charge in [0.2, 0.25) is 5.75 Å². The van der Waals surface area contributed by atoms with E-state index in [-0.39, 0.29) is 12.4 Å². The number of ether oxygens (including phenoxy) is 1. The molecule has 0 radical (unpaired) electrons. The lowest BCUT2D eigenvalue weighted by molar-refractivity contribution is 0.318. The molecule has 0 aromatic heterocycles. The van der Waals surface area contributed by atoms with E-state index in [2.05, 4.69) is 0 Å². The summed E-state index contributed by atoms with van der Waals surface area (Å²) in [5, 5.41) is 16.4. The van der Waals surface area contributed by atoms with Crippen LogP contribution in [0.1, 0.15) is 6.92 Å². The van der Waals surface area contributed by atoms with Crippen LogP contribution in [0.2, 0.25) is 0 Å². The standard InChI is InChI=1S/C6H4O2.C2H6O/c7-4-2-1-3-5-6(4)8-5;1-2-3/h1-3,7H;3H,2H2,1H3. The summed E-state index contributed by atoms with van der Waals surface area (Å²) in [4.78, 5) is 0.